The van der Waals surface area contributed by atoms with Crippen LogP contribution in [-0.2, 0) is 13.0 Å². The average molecular weight is 412 g/mol. The maximum atomic E-state index is 10.9. The molecule has 0 saturated heterocycles. The number of benzene rings is 3. The van der Waals surface area contributed by atoms with E-state index in [-0.39, 0.29) is 10.6 Å². The van der Waals surface area contributed by atoms with Gasteiger partial charge in [-0.15, -0.1) is 0 Å². The molecule has 0 unspecified atom stereocenters. The van der Waals surface area contributed by atoms with Gasteiger partial charge in [-0.2, -0.15) is 0 Å². The largest absolute Gasteiger partial charge is 0.361 e. The van der Waals surface area contributed by atoms with Gasteiger partial charge in [0.1, 0.15) is 0 Å². The molecule has 0 aliphatic rings. The lowest BCUT2D eigenvalue weighted by Crippen LogP contribution is -2.26. The van der Waals surface area contributed by atoms with Crippen molar-refractivity contribution in [1.29, 1.82) is 0 Å². The summed E-state index contributed by atoms with van der Waals surface area (Å²) in [7, 11) is 0. The molecule has 0 amide bonds. The lowest BCUT2D eigenvalue weighted by molar-refractivity contribution is -0.384. The van der Waals surface area contributed by atoms with Crippen LogP contribution in [0, 0.1) is 10.1 Å². The molecule has 0 spiro atoms. The summed E-state index contributed by atoms with van der Waals surface area (Å²) in [6.07, 6.45) is 7.33. The number of non-ortho nitro benzene ring substituents is 1. The smallest absolute Gasteiger partial charge is 0.269 e. The predicted octanol–water partition coefficient (Wildman–Crippen LogP) is 5.83. The van der Waals surface area contributed by atoms with Crippen molar-refractivity contribution in [3.05, 3.63) is 118 Å². The lowest BCUT2D eigenvalue weighted by Gasteiger charge is -2.21. The molecule has 5 nitrogen and oxygen atoms in total. The summed E-state index contributed by atoms with van der Waals surface area (Å²) in [5.74, 6) is 0. The van der Waals surface area contributed by atoms with Gasteiger partial charge in [0.2, 0.25) is 0 Å². The molecular weight excluding hydrogens is 386 g/mol. The van der Waals surface area contributed by atoms with Crippen LogP contribution in [0.3, 0.4) is 0 Å². The highest BCUT2D eigenvalue weighted by molar-refractivity contribution is 5.83. The molecule has 156 valence electrons. The van der Waals surface area contributed by atoms with Gasteiger partial charge in [0.05, 0.1) is 4.92 Å². The molecule has 0 bridgehead atoms. The molecule has 4 aromatic rings. The van der Waals surface area contributed by atoms with Crippen molar-refractivity contribution in [2.45, 2.75) is 13.0 Å². The van der Waals surface area contributed by atoms with E-state index in [4.69, 9.17) is 0 Å². The van der Waals surface area contributed by atoms with E-state index in [1.54, 1.807) is 12.1 Å². The zero-order valence-electron chi connectivity index (χ0n) is 17.3. The summed E-state index contributed by atoms with van der Waals surface area (Å²) in [6.45, 7) is 2.42. The second kappa shape index (κ2) is 9.87. The molecule has 0 fully saturated rings. The number of hydrogen-bond acceptors (Lipinski definition) is 3. The van der Waals surface area contributed by atoms with Crippen LogP contribution in [0.4, 0.5) is 5.69 Å². The van der Waals surface area contributed by atoms with Crippen molar-refractivity contribution >= 4 is 22.7 Å². The summed E-state index contributed by atoms with van der Waals surface area (Å²) in [4.78, 5) is 16.3. The predicted molar refractivity (Wildman–Crippen MR) is 126 cm³/mol. The van der Waals surface area contributed by atoms with Gasteiger partial charge < -0.3 is 4.98 Å². The molecule has 0 aliphatic carbocycles. The van der Waals surface area contributed by atoms with Crippen molar-refractivity contribution in [2.24, 2.45) is 0 Å². The maximum absolute atomic E-state index is 10.9. The molecule has 0 atom stereocenters. The number of aromatic nitrogens is 1. The van der Waals surface area contributed by atoms with E-state index in [1.165, 1.54) is 16.5 Å². The normalized spacial score (nSPS) is 11.5. The number of nitro benzene ring substituents is 1. The van der Waals surface area contributed by atoms with E-state index < -0.39 is 0 Å². The lowest BCUT2D eigenvalue weighted by atomic mass is 10.1. The SMILES string of the molecule is O=[N+]([O-])c1ccc(CN(CC=Cc2ccccc2)CCc2c[nH]c3ccccc23)cc1. The number of hydrogen-bond donors (Lipinski definition) is 1. The molecule has 1 heterocycles. The number of aromatic amines is 1. The molecule has 4 rings (SSSR count). The molecule has 3 aromatic carbocycles. The molecule has 0 saturated carbocycles. The number of nitrogens with one attached hydrogen (secondary N) is 1. The van der Waals surface area contributed by atoms with Crippen molar-refractivity contribution in [2.75, 3.05) is 13.1 Å². The summed E-state index contributed by atoms with van der Waals surface area (Å²) < 4.78 is 0. The molecule has 5 heteroatoms. The second-order valence-electron chi connectivity index (χ2n) is 7.58. The Morgan fingerprint density at radius 1 is 0.935 bits per heavy atom. The number of nitrogens with zero attached hydrogens (tertiary/aromatic N) is 2. The fourth-order valence-corrected chi connectivity index (χ4v) is 3.74. The zero-order valence-corrected chi connectivity index (χ0v) is 17.3. The van der Waals surface area contributed by atoms with Crippen LogP contribution in [0.5, 0.6) is 0 Å². The van der Waals surface area contributed by atoms with Crippen LogP contribution in [-0.4, -0.2) is 27.9 Å². The fraction of sp³-hybridized carbons (Fsp3) is 0.154. The standard InChI is InChI=1S/C26H25N3O2/c30-29(31)24-14-12-22(13-15-24)20-28(17-6-9-21-7-2-1-3-8-21)18-16-23-19-27-26-11-5-4-10-25(23)26/h1-15,19,27H,16-18,20H2. The highest BCUT2D eigenvalue weighted by atomic mass is 16.6. The number of para-hydroxylation sites is 1. The third-order valence-electron chi connectivity index (χ3n) is 5.40. The first-order valence-corrected chi connectivity index (χ1v) is 10.4. The van der Waals surface area contributed by atoms with Crippen LogP contribution in [0.2, 0.25) is 0 Å². The van der Waals surface area contributed by atoms with Gasteiger partial charge in [-0.1, -0.05) is 72.8 Å². The summed E-state index contributed by atoms with van der Waals surface area (Å²) in [5, 5.41) is 12.2. The van der Waals surface area contributed by atoms with Gasteiger partial charge in [0.15, 0.2) is 0 Å². The van der Waals surface area contributed by atoms with E-state index in [9.17, 15) is 10.1 Å². The van der Waals surface area contributed by atoms with Crippen molar-refractivity contribution in [3.8, 4) is 0 Å². The fourth-order valence-electron chi connectivity index (χ4n) is 3.74. The van der Waals surface area contributed by atoms with Gasteiger partial charge in [0, 0.05) is 48.9 Å². The number of nitro groups is 1. The average Bonchev–Trinajstić information content (AvgIpc) is 3.21. The Bertz CT molecular complexity index is 1160. The Kier molecular flexibility index (Phi) is 6.55. The van der Waals surface area contributed by atoms with E-state index >= 15 is 0 Å². The Balaban J connectivity index is 1.47. The van der Waals surface area contributed by atoms with Crippen LogP contribution in [0.1, 0.15) is 16.7 Å². The van der Waals surface area contributed by atoms with E-state index in [0.717, 1.165) is 37.1 Å². The molecule has 1 N–H and O–H groups in total. The summed E-state index contributed by atoms with van der Waals surface area (Å²) >= 11 is 0. The Morgan fingerprint density at radius 3 is 2.45 bits per heavy atom. The summed E-state index contributed by atoms with van der Waals surface area (Å²) in [6, 6.07) is 25.4. The van der Waals surface area contributed by atoms with Crippen LogP contribution >= 0.6 is 0 Å². The van der Waals surface area contributed by atoms with E-state index in [2.05, 4.69) is 58.6 Å². The molecule has 31 heavy (non-hydrogen) atoms. The van der Waals surface area contributed by atoms with Crippen molar-refractivity contribution in [1.82, 2.24) is 9.88 Å². The van der Waals surface area contributed by atoms with Gasteiger partial charge in [0.25, 0.3) is 5.69 Å². The van der Waals surface area contributed by atoms with Crippen LogP contribution in [0.15, 0.2) is 91.1 Å². The molecule has 0 radical (unpaired) electrons. The number of fused-ring (bicyclic) bond motifs is 1. The Labute approximate surface area is 181 Å². The van der Waals surface area contributed by atoms with Crippen molar-refractivity contribution < 1.29 is 4.92 Å². The highest BCUT2D eigenvalue weighted by Crippen LogP contribution is 2.19. The second-order valence-corrected chi connectivity index (χ2v) is 7.58. The van der Waals surface area contributed by atoms with Gasteiger partial charge in [-0.3, -0.25) is 15.0 Å². The van der Waals surface area contributed by atoms with Crippen molar-refractivity contribution in [3.63, 3.8) is 0 Å². The Hall–Kier alpha value is -3.70. The van der Waals surface area contributed by atoms with Gasteiger partial charge in [-0.05, 0) is 29.2 Å². The third-order valence-corrected chi connectivity index (χ3v) is 5.40. The van der Waals surface area contributed by atoms with Crippen LogP contribution in [0.25, 0.3) is 17.0 Å². The zero-order chi connectivity index (χ0) is 21.5. The summed E-state index contributed by atoms with van der Waals surface area (Å²) in [5.41, 5.74) is 4.82. The first kappa shape index (κ1) is 20.6. The van der Waals surface area contributed by atoms with Gasteiger partial charge in [-0.25, -0.2) is 0 Å². The molecule has 1 aromatic heterocycles. The van der Waals surface area contributed by atoms with Crippen LogP contribution < -0.4 is 0 Å². The monoisotopic (exact) mass is 411 g/mol. The highest BCUT2D eigenvalue weighted by Gasteiger charge is 2.10. The Morgan fingerprint density at radius 2 is 1.68 bits per heavy atom. The third kappa shape index (κ3) is 5.47. The minimum atomic E-state index is -0.360. The van der Waals surface area contributed by atoms with E-state index in [1.807, 2.05) is 36.4 Å². The van der Waals surface area contributed by atoms with Gasteiger partial charge >= 0.3 is 0 Å². The maximum Gasteiger partial charge on any atom is 0.269 e. The molecule has 0 aliphatic heterocycles. The number of rotatable bonds is 9. The number of H-pyrrole nitrogens is 1. The minimum absolute atomic E-state index is 0.123. The minimum Gasteiger partial charge on any atom is -0.361 e. The quantitative estimate of drug-likeness (QED) is 0.278. The topological polar surface area (TPSA) is 62.2 Å². The van der Waals surface area contributed by atoms with E-state index in [0.29, 0.717) is 0 Å². The molecular formula is C26H25N3O2. The first-order chi connectivity index (χ1) is 15.2. The first-order valence-electron chi connectivity index (χ1n) is 10.4.